The molecule has 2 rings (SSSR count). The lowest BCUT2D eigenvalue weighted by Gasteiger charge is -2.04. The molecule has 1 amide bonds. The number of aryl methyl sites for hydroxylation is 1. The molecule has 0 bridgehead atoms. The Kier molecular flexibility index (Phi) is 2.00. The average Bonchev–Trinajstić information content (AvgIpc) is 2.48. The second kappa shape index (κ2) is 3.18. The zero-order chi connectivity index (χ0) is 10.1. The molecular formula is C11H10N2O. The van der Waals surface area contributed by atoms with Crippen molar-refractivity contribution in [2.75, 3.05) is 0 Å². The van der Waals surface area contributed by atoms with E-state index >= 15 is 0 Å². The predicted octanol–water partition coefficient (Wildman–Crippen LogP) is 2.72. The smallest absolute Gasteiger partial charge is 0.265 e. The number of carbonyl (C=O) groups is 1. The number of azo groups is 1. The number of allylic oxidation sites excluding steroid dienone is 1. The summed E-state index contributed by atoms with van der Waals surface area (Å²) in [6.45, 7) is 3.78. The van der Waals surface area contributed by atoms with Crippen LogP contribution < -0.4 is 0 Å². The Labute approximate surface area is 82.2 Å². The summed E-state index contributed by atoms with van der Waals surface area (Å²) in [5.74, 6) is -0.239. The molecule has 0 aromatic heterocycles. The van der Waals surface area contributed by atoms with E-state index in [2.05, 4.69) is 10.2 Å². The Morgan fingerprint density at radius 2 is 1.79 bits per heavy atom. The van der Waals surface area contributed by atoms with Gasteiger partial charge >= 0.3 is 0 Å². The van der Waals surface area contributed by atoms with Crippen LogP contribution in [0.25, 0.3) is 5.57 Å². The molecule has 0 fully saturated rings. The predicted molar refractivity (Wildman–Crippen MR) is 53.6 cm³/mol. The minimum absolute atomic E-state index is 0.239. The van der Waals surface area contributed by atoms with Crippen molar-refractivity contribution in [2.45, 2.75) is 13.8 Å². The monoisotopic (exact) mass is 186 g/mol. The zero-order valence-corrected chi connectivity index (χ0v) is 8.11. The standard InChI is InChI=1S/C11H10N2O/c1-7-5-3-4-6-9(7)10-8(2)12-13-11(10)14/h3-6H,1-2H3. The van der Waals surface area contributed by atoms with Gasteiger partial charge in [0.25, 0.3) is 5.91 Å². The van der Waals surface area contributed by atoms with Crippen LogP contribution in [0.1, 0.15) is 18.1 Å². The highest BCUT2D eigenvalue weighted by Crippen LogP contribution is 2.28. The van der Waals surface area contributed by atoms with Gasteiger partial charge in [-0.05, 0) is 25.0 Å². The molecule has 0 spiro atoms. The van der Waals surface area contributed by atoms with Crippen LogP contribution in [0.5, 0.6) is 0 Å². The number of hydrogen-bond donors (Lipinski definition) is 0. The summed E-state index contributed by atoms with van der Waals surface area (Å²) in [5, 5.41) is 7.30. The summed E-state index contributed by atoms with van der Waals surface area (Å²) < 4.78 is 0. The molecule has 0 aliphatic carbocycles. The molecule has 0 unspecified atom stereocenters. The zero-order valence-electron chi connectivity index (χ0n) is 8.11. The van der Waals surface area contributed by atoms with Crippen molar-refractivity contribution in [3.8, 4) is 0 Å². The quantitative estimate of drug-likeness (QED) is 0.664. The number of amides is 1. The second-order valence-corrected chi connectivity index (χ2v) is 3.28. The first-order valence-electron chi connectivity index (χ1n) is 4.43. The van der Waals surface area contributed by atoms with Crippen molar-refractivity contribution in [3.63, 3.8) is 0 Å². The van der Waals surface area contributed by atoms with Gasteiger partial charge in [0.15, 0.2) is 0 Å². The minimum Gasteiger partial charge on any atom is -0.265 e. The number of hydrogen-bond acceptors (Lipinski definition) is 2. The van der Waals surface area contributed by atoms with Gasteiger partial charge < -0.3 is 0 Å². The third kappa shape index (κ3) is 1.27. The molecule has 0 N–H and O–H groups in total. The van der Waals surface area contributed by atoms with Crippen molar-refractivity contribution in [2.24, 2.45) is 10.2 Å². The van der Waals surface area contributed by atoms with Crippen LogP contribution in [0.2, 0.25) is 0 Å². The van der Waals surface area contributed by atoms with E-state index in [-0.39, 0.29) is 5.91 Å². The molecule has 0 saturated heterocycles. The number of rotatable bonds is 1. The Bertz CT molecular complexity index is 458. The van der Waals surface area contributed by atoms with E-state index in [1.807, 2.05) is 31.2 Å². The van der Waals surface area contributed by atoms with Gasteiger partial charge in [-0.3, -0.25) is 4.79 Å². The fourth-order valence-electron chi connectivity index (χ4n) is 1.54. The third-order valence-electron chi connectivity index (χ3n) is 2.28. The molecule has 0 radical (unpaired) electrons. The molecule has 1 aromatic rings. The first kappa shape index (κ1) is 8.81. The van der Waals surface area contributed by atoms with E-state index in [9.17, 15) is 4.79 Å². The highest BCUT2D eigenvalue weighted by atomic mass is 16.2. The fourth-order valence-corrected chi connectivity index (χ4v) is 1.54. The third-order valence-corrected chi connectivity index (χ3v) is 2.28. The number of nitrogens with zero attached hydrogens (tertiary/aromatic N) is 2. The van der Waals surface area contributed by atoms with Crippen LogP contribution in [0.3, 0.4) is 0 Å². The van der Waals surface area contributed by atoms with Crippen molar-refractivity contribution < 1.29 is 4.79 Å². The van der Waals surface area contributed by atoms with Crippen molar-refractivity contribution in [3.05, 3.63) is 41.1 Å². The van der Waals surface area contributed by atoms with E-state index in [1.165, 1.54) is 0 Å². The average molecular weight is 186 g/mol. The van der Waals surface area contributed by atoms with Gasteiger partial charge in [0, 0.05) is 0 Å². The van der Waals surface area contributed by atoms with Crippen LogP contribution in [0.15, 0.2) is 40.2 Å². The van der Waals surface area contributed by atoms with Gasteiger partial charge in [-0.2, -0.15) is 5.11 Å². The lowest BCUT2D eigenvalue weighted by Crippen LogP contribution is -1.97. The van der Waals surface area contributed by atoms with E-state index < -0.39 is 0 Å². The fraction of sp³-hybridized carbons (Fsp3) is 0.182. The molecular weight excluding hydrogens is 176 g/mol. The first-order chi connectivity index (χ1) is 6.70. The summed E-state index contributed by atoms with van der Waals surface area (Å²) in [4.78, 5) is 11.4. The summed E-state index contributed by atoms with van der Waals surface area (Å²) in [6.07, 6.45) is 0. The second-order valence-electron chi connectivity index (χ2n) is 3.28. The highest BCUT2D eigenvalue weighted by Gasteiger charge is 2.20. The molecule has 1 heterocycles. The molecule has 14 heavy (non-hydrogen) atoms. The summed E-state index contributed by atoms with van der Waals surface area (Å²) in [5.41, 5.74) is 3.33. The van der Waals surface area contributed by atoms with E-state index in [4.69, 9.17) is 0 Å². The van der Waals surface area contributed by atoms with Crippen molar-refractivity contribution >= 4 is 11.5 Å². The number of carbonyl (C=O) groups excluding carboxylic acids is 1. The van der Waals surface area contributed by atoms with E-state index in [0.29, 0.717) is 11.3 Å². The maximum absolute atomic E-state index is 11.4. The minimum atomic E-state index is -0.239. The highest BCUT2D eigenvalue weighted by molar-refractivity contribution is 6.22. The van der Waals surface area contributed by atoms with Crippen molar-refractivity contribution in [1.29, 1.82) is 0 Å². The molecule has 3 heteroatoms. The van der Waals surface area contributed by atoms with Gasteiger partial charge in [0.1, 0.15) is 0 Å². The van der Waals surface area contributed by atoms with Gasteiger partial charge in [0.05, 0.1) is 11.3 Å². The van der Waals surface area contributed by atoms with Crippen molar-refractivity contribution in [1.82, 2.24) is 0 Å². The van der Waals surface area contributed by atoms with E-state index in [1.54, 1.807) is 6.92 Å². The van der Waals surface area contributed by atoms with Gasteiger partial charge in [-0.1, -0.05) is 24.3 Å². The Balaban J connectivity index is 2.57. The summed E-state index contributed by atoms with van der Waals surface area (Å²) >= 11 is 0. The maximum Gasteiger partial charge on any atom is 0.297 e. The van der Waals surface area contributed by atoms with E-state index in [0.717, 1.165) is 11.1 Å². The molecule has 70 valence electrons. The molecule has 0 atom stereocenters. The topological polar surface area (TPSA) is 41.8 Å². The number of benzene rings is 1. The lowest BCUT2D eigenvalue weighted by molar-refractivity contribution is -0.112. The molecule has 1 aliphatic heterocycles. The van der Waals surface area contributed by atoms with Gasteiger partial charge in [-0.15, -0.1) is 5.11 Å². The summed E-state index contributed by atoms with van der Waals surface area (Å²) in [7, 11) is 0. The molecule has 3 nitrogen and oxygen atoms in total. The van der Waals surface area contributed by atoms with Crippen LogP contribution in [-0.2, 0) is 4.79 Å². The Morgan fingerprint density at radius 3 is 2.36 bits per heavy atom. The Morgan fingerprint density at radius 1 is 1.07 bits per heavy atom. The lowest BCUT2D eigenvalue weighted by atomic mass is 9.99. The van der Waals surface area contributed by atoms with Gasteiger partial charge in [0.2, 0.25) is 0 Å². The van der Waals surface area contributed by atoms with Crippen LogP contribution in [-0.4, -0.2) is 5.91 Å². The maximum atomic E-state index is 11.4. The largest absolute Gasteiger partial charge is 0.297 e. The molecule has 1 aromatic carbocycles. The van der Waals surface area contributed by atoms with Crippen LogP contribution in [0.4, 0.5) is 0 Å². The van der Waals surface area contributed by atoms with Crippen LogP contribution >= 0.6 is 0 Å². The first-order valence-corrected chi connectivity index (χ1v) is 4.43. The summed E-state index contributed by atoms with van der Waals surface area (Å²) in [6, 6.07) is 7.75. The Hall–Kier alpha value is -1.77. The van der Waals surface area contributed by atoms with Crippen LogP contribution in [0, 0.1) is 6.92 Å². The SMILES string of the molecule is CC1=C(c2ccccc2C)C(=O)N=N1. The molecule has 0 saturated carbocycles. The molecule has 1 aliphatic rings. The normalized spacial score (nSPS) is 15.4. The van der Waals surface area contributed by atoms with Gasteiger partial charge in [-0.25, -0.2) is 0 Å².